The molecule has 0 saturated heterocycles. The topological polar surface area (TPSA) is 3.24 Å². The van der Waals surface area contributed by atoms with E-state index < -0.39 is 0 Å². The normalized spacial score (nSPS) is 19.7. The van der Waals surface area contributed by atoms with Gasteiger partial charge in [-0.2, -0.15) is 0 Å². The summed E-state index contributed by atoms with van der Waals surface area (Å²) in [4.78, 5) is 2.59. The molecule has 6 aromatic rings. The number of rotatable bonds is 1. The standard InChI is InChI=1S/C39H29N/c1-39(2)33-21-22-35-37(36(33)31-20-18-25-10-4-6-12-29(25)38(31)39)30-13-7-8-14-34(30)40(35)27-19-17-26-16-15-24-9-3-5-11-28(24)32(26)23-27/h3-23,30,34H,1-2H3. The van der Waals surface area contributed by atoms with Crippen LogP contribution in [-0.2, 0) is 5.41 Å². The molecule has 0 radical (unpaired) electrons. The van der Waals surface area contributed by atoms with Crippen molar-refractivity contribution in [1.29, 1.82) is 0 Å². The first kappa shape index (κ1) is 22.2. The van der Waals surface area contributed by atoms with Crippen LogP contribution in [0.15, 0.2) is 127 Å². The second kappa shape index (κ2) is 7.73. The number of nitrogens with zero attached hydrogens (tertiary/aromatic N) is 1. The molecule has 0 fully saturated rings. The molecule has 0 bridgehead atoms. The van der Waals surface area contributed by atoms with E-state index in [1.54, 1.807) is 0 Å². The zero-order valence-electron chi connectivity index (χ0n) is 22.7. The minimum Gasteiger partial charge on any atom is -0.333 e. The van der Waals surface area contributed by atoms with Gasteiger partial charge in [0, 0.05) is 22.7 Å². The zero-order valence-corrected chi connectivity index (χ0v) is 22.7. The van der Waals surface area contributed by atoms with E-state index in [4.69, 9.17) is 0 Å². The summed E-state index contributed by atoms with van der Waals surface area (Å²) in [5, 5.41) is 7.90. The Hall–Kier alpha value is -4.62. The highest BCUT2D eigenvalue weighted by atomic mass is 15.2. The van der Waals surface area contributed by atoms with Crippen molar-refractivity contribution in [3.63, 3.8) is 0 Å². The summed E-state index contributed by atoms with van der Waals surface area (Å²) < 4.78 is 0. The lowest BCUT2D eigenvalue weighted by atomic mass is 9.79. The molecule has 2 aliphatic carbocycles. The van der Waals surface area contributed by atoms with Crippen molar-refractivity contribution in [3.8, 4) is 11.1 Å². The van der Waals surface area contributed by atoms with Crippen LogP contribution in [0.5, 0.6) is 0 Å². The predicted octanol–water partition coefficient (Wildman–Crippen LogP) is 10.2. The van der Waals surface area contributed by atoms with E-state index in [0.29, 0.717) is 5.92 Å². The predicted molar refractivity (Wildman–Crippen MR) is 170 cm³/mol. The molecule has 2 unspecified atom stereocenters. The molecule has 1 heterocycles. The molecule has 3 aliphatic rings. The molecule has 0 N–H and O–H groups in total. The number of anilines is 2. The molecular formula is C39H29N. The maximum atomic E-state index is 2.59. The van der Waals surface area contributed by atoms with Gasteiger partial charge in [0.05, 0.1) is 6.04 Å². The SMILES string of the molecule is CC1(C)c2ccc3c(c2-c2ccc4ccccc4c21)C1C=CC=CC1N3c1ccc2ccc3ccccc3c2c1. The summed E-state index contributed by atoms with van der Waals surface area (Å²) in [5.41, 5.74) is 9.79. The Morgan fingerprint density at radius 3 is 2.15 bits per heavy atom. The molecule has 1 aliphatic heterocycles. The van der Waals surface area contributed by atoms with Crippen LogP contribution < -0.4 is 4.90 Å². The molecule has 0 saturated carbocycles. The van der Waals surface area contributed by atoms with E-state index in [2.05, 4.69) is 146 Å². The molecule has 1 nitrogen and oxygen atoms in total. The number of fused-ring (bicyclic) bond motifs is 12. The van der Waals surface area contributed by atoms with Crippen molar-refractivity contribution < 1.29 is 0 Å². The third-order valence-corrected chi connectivity index (χ3v) is 9.72. The minimum absolute atomic E-state index is 0.0560. The molecule has 0 amide bonds. The molecule has 1 heteroatoms. The van der Waals surface area contributed by atoms with Gasteiger partial charge in [-0.15, -0.1) is 0 Å². The molecule has 0 spiro atoms. The van der Waals surface area contributed by atoms with Gasteiger partial charge in [0.25, 0.3) is 0 Å². The molecule has 40 heavy (non-hydrogen) atoms. The Kier molecular flexibility index (Phi) is 4.30. The van der Waals surface area contributed by atoms with Gasteiger partial charge in [-0.1, -0.05) is 123 Å². The van der Waals surface area contributed by atoms with E-state index in [0.717, 1.165) is 0 Å². The lowest BCUT2D eigenvalue weighted by Gasteiger charge is -2.29. The van der Waals surface area contributed by atoms with Gasteiger partial charge in [0.1, 0.15) is 0 Å². The second-order valence-electron chi connectivity index (χ2n) is 12.1. The van der Waals surface area contributed by atoms with Gasteiger partial charge in [-0.25, -0.2) is 0 Å². The highest BCUT2D eigenvalue weighted by molar-refractivity contribution is 6.09. The Labute approximate surface area is 234 Å². The van der Waals surface area contributed by atoms with Crippen LogP contribution in [0.2, 0.25) is 0 Å². The molecule has 6 aromatic carbocycles. The fourth-order valence-electron chi connectivity index (χ4n) is 7.98. The lowest BCUT2D eigenvalue weighted by molar-refractivity contribution is 0.665. The summed E-state index contributed by atoms with van der Waals surface area (Å²) in [5.74, 6) is 0.311. The third kappa shape index (κ3) is 2.77. The quantitative estimate of drug-likeness (QED) is 0.199. The molecule has 190 valence electrons. The summed E-state index contributed by atoms with van der Waals surface area (Å²) in [6.45, 7) is 4.82. The fraction of sp³-hybridized carbons (Fsp3) is 0.128. The number of allylic oxidation sites excluding steroid dienone is 2. The van der Waals surface area contributed by atoms with Crippen molar-refractivity contribution in [1.82, 2.24) is 0 Å². The Morgan fingerprint density at radius 1 is 0.625 bits per heavy atom. The van der Waals surface area contributed by atoms with Crippen molar-refractivity contribution in [2.45, 2.75) is 31.2 Å². The van der Waals surface area contributed by atoms with Crippen molar-refractivity contribution in [2.24, 2.45) is 0 Å². The van der Waals surface area contributed by atoms with Gasteiger partial charge in [0.2, 0.25) is 0 Å². The molecule has 9 rings (SSSR count). The minimum atomic E-state index is -0.0560. The largest absolute Gasteiger partial charge is 0.333 e. The van der Waals surface area contributed by atoms with Crippen LogP contribution in [0.3, 0.4) is 0 Å². The monoisotopic (exact) mass is 511 g/mol. The van der Waals surface area contributed by atoms with Crippen LogP contribution >= 0.6 is 0 Å². The average molecular weight is 512 g/mol. The molecule has 0 aromatic heterocycles. The number of hydrogen-bond donors (Lipinski definition) is 0. The molecular weight excluding hydrogens is 482 g/mol. The van der Waals surface area contributed by atoms with E-state index >= 15 is 0 Å². The van der Waals surface area contributed by atoms with Crippen molar-refractivity contribution in [3.05, 3.63) is 144 Å². The Balaban J connectivity index is 1.32. The zero-order chi connectivity index (χ0) is 26.6. The maximum absolute atomic E-state index is 2.59. The summed E-state index contributed by atoms with van der Waals surface area (Å²) in [7, 11) is 0. The maximum Gasteiger partial charge on any atom is 0.0629 e. The van der Waals surface area contributed by atoms with Gasteiger partial charge in [0.15, 0.2) is 0 Å². The van der Waals surface area contributed by atoms with Crippen LogP contribution in [0.4, 0.5) is 11.4 Å². The first-order chi connectivity index (χ1) is 19.6. The van der Waals surface area contributed by atoms with Gasteiger partial charge >= 0.3 is 0 Å². The molecule has 2 atom stereocenters. The van der Waals surface area contributed by atoms with Crippen LogP contribution in [-0.4, -0.2) is 6.04 Å². The van der Waals surface area contributed by atoms with Crippen molar-refractivity contribution >= 4 is 43.7 Å². The average Bonchev–Trinajstić information content (AvgIpc) is 3.46. The summed E-state index contributed by atoms with van der Waals surface area (Å²) in [6, 6.07) is 38.9. The first-order valence-corrected chi connectivity index (χ1v) is 14.4. The van der Waals surface area contributed by atoms with Crippen molar-refractivity contribution in [2.75, 3.05) is 4.90 Å². The lowest BCUT2D eigenvalue weighted by Crippen LogP contribution is -2.28. The van der Waals surface area contributed by atoms with E-state index in [1.807, 2.05) is 0 Å². The Morgan fingerprint density at radius 2 is 1.30 bits per heavy atom. The summed E-state index contributed by atoms with van der Waals surface area (Å²) in [6.07, 6.45) is 9.28. The number of benzene rings is 6. The van der Waals surface area contributed by atoms with Gasteiger partial charge in [-0.05, 0) is 78.3 Å². The Bertz CT molecular complexity index is 2110. The summed E-state index contributed by atoms with van der Waals surface area (Å²) >= 11 is 0. The second-order valence-corrected chi connectivity index (χ2v) is 12.1. The third-order valence-electron chi connectivity index (χ3n) is 9.72. The van der Waals surface area contributed by atoms with Gasteiger partial charge in [-0.3, -0.25) is 0 Å². The van der Waals surface area contributed by atoms with Crippen LogP contribution in [0.25, 0.3) is 43.4 Å². The smallest absolute Gasteiger partial charge is 0.0629 e. The van der Waals surface area contributed by atoms with E-state index in [-0.39, 0.29) is 11.5 Å². The first-order valence-electron chi connectivity index (χ1n) is 14.4. The highest BCUT2D eigenvalue weighted by Crippen LogP contribution is 2.59. The van der Waals surface area contributed by atoms with E-state index in [9.17, 15) is 0 Å². The van der Waals surface area contributed by atoms with Gasteiger partial charge < -0.3 is 4.90 Å². The van der Waals surface area contributed by atoms with Crippen LogP contribution in [0.1, 0.15) is 36.5 Å². The fourth-order valence-corrected chi connectivity index (χ4v) is 7.98. The van der Waals surface area contributed by atoms with E-state index in [1.165, 1.54) is 71.5 Å². The highest BCUT2D eigenvalue weighted by Gasteiger charge is 2.45. The van der Waals surface area contributed by atoms with Crippen LogP contribution in [0, 0.1) is 0 Å². The number of hydrogen-bond acceptors (Lipinski definition) is 1.